The number of halogens is 1. The summed E-state index contributed by atoms with van der Waals surface area (Å²) in [6.07, 6.45) is 2.12. The van der Waals surface area contributed by atoms with Gasteiger partial charge < -0.3 is 10.0 Å². The Kier molecular flexibility index (Phi) is 4.56. The lowest BCUT2D eigenvalue weighted by Gasteiger charge is -2.20. The summed E-state index contributed by atoms with van der Waals surface area (Å²) in [5, 5.41) is 8.54. The van der Waals surface area contributed by atoms with E-state index in [1.54, 1.807) is 6.92 Å². The van der Waals surface area contributed by atoms with E-state index in [1.807, 2.05) is 0 Å². The maximum atomic E-state index is 13.3. The average Bonchev–Trinajstić information content (AvgIpc) is 2.29. The number of aromatic nitrogens is 1. The molecular formula is C11H13FN2O3. The summed E-state index contributed by atoms with van der Waals surface area (Å²) in [7, 11) is 0. The number of hydrogen-bond acceptors (Lipinski definition) is 3. The molecule has 0 bridgehead atoms. The molecule has 1 rings (SSSR count). The smallest absolute Gasteiger partial charge is 0.305 e. The number of nitrogens with zero attached hydrogens (tertiary/aromatic N) is 2. The molecule has 0 spiro atoms. The molecule has 17 heavy (non-hydrogen) atoms. The van der Waals surface area contributed by atoms with Gasteiger partial charge in [0.25, 0.3) is 5.91 Å². The molecule has 0 aliphatic carbocycles. The van der Waals surface area contributed by atoms with E-state index in [1.165, 1.54) is 17.2 Å². The van der Waals surface area contributed by atoms with Crippen LogP contribution in [0.15, 0.2) is 18.5 Å². The number of hydrogen-bond donors (Lipinski definition) is 1. The second-order valence-corrected chi connectivity index (χ2v) is 3.38. The summed E-state index contributed by atoms with van der Waals surface area (Å²) in [5.74, 6) is -2.22. The monoisotopic (exact) mass is 240 g/mol. The van der Waals surface area contributed by atoms with E-state index < -0.39 is 17.7 Å². The third-order valence-electron chi connectivity index (χ3n) is 2.27. The number of carbonyl (C=O) groups excluding carboxylic acids is 1. The van der Waals surface area contributed by atoms with E-state index in [0.717, 1.165) is 6.20 Å². The molecule has 0 aliphatic heterocycles. The van der Waals surface area contributed by atoms with Crippen LogP contribution in [0.2, 0.25) is 0 Å². The van der Waals surface area contributed by atoms with Gasteiger partial charge in [0.15, 0.2) is 5.82 Å². The molecule has 6 heteroatoms. The molecule has 0 aliphatic rings. The van der Waals surface area contributed by atoms with E-state index in [0.29, 0.717) is 6.54 Å². The number of aliphatic carboxylic acids is 1. The summed E-state index contributed by atoms with van der Waals surface area (Å²) in [6.45, 7) is 2.10. The predicted octanol–water partition coefficient (Wildman–Crippen LogP) is 1.16. The Morgan fingerprint density at radius 3 is 2.76 bits per heavy atom. The van der Waals surface area contributed by atoms with Crippen LogP contribution in [-0.4, -0.2) is 40.0 Å². The fourth-order valence-electron chi connectivity index (χ4n) is 1.35. The first-order valence-electron chi connectivity index (χ1n) is 5.16. The Morgan fingerprint density at radius 2 is 2.24 bits per heavy atom. The van der Waals surface area contributed by atoms with Crippen LogP contribution < -0.4 is 0 Å². The molecule has 1 aromatic heterocycles. The zero-order valence-corrected chi connectivity index (χ0v) is 9.39. The highest BCUT2D eigenvalue weighted by Gasteiger charge is 2.18. The molecule has 1 aromatic rings. The van der Waals surface area contributed by atoms with Gasteiger partial charge in [0.1, 0.15) is 0 Å². The largest absolute Gasteiger partial charge is 0.481 e. The number of carbonyl (C=O) groups is 2. The first-order chi connectivity index (χ1) is 8.06. The molecule has 0 radical (unpaired) electrons. The van der Waals surface area contributed by atoms with Gasteiger partial charge in [-0.05, 0) is 13.0 Å². The predicted molar refractivity (Wildman–Crippen MR) is 58.0 cm³/mol. The molecule has 0 fully saturated rings. The minimum absolute atomic E-state index is 0.0619. The van der Waals surface area contributed by atoms with Crippen LogP contribution in [-0.2, 0) is 4.79 Å². The van der Waals surface area contributed by atoms with Crippen LogP contribution in [0.5, 0.6) is 0 Å². The first kappa shape index (κ1) is 13.1. The lowest BCUT2D eigenvalue weighted by molar-refractivity contribution is -0.137. The molecular weight excluding hydrogens is 227 g/mol. The summed E-state index contributed by atoms with van der Waals surface area (Å²) in [6, 6.07) is 1.28. The summed E-state index contributed by atoms with van der Waals surface area (Å²) in [5.41, 5.74) is -0.0905. The van der Waals surface area contributed by atoms with Crippen LogP contribution in [0.1, 0.15) is 23.7 Å². The second-order valence-electron chi connectivity index (χ2n) is 3.38. The number of carboxylic acid groups (broad SMARTS) is 1. The Morgan fingerprint density at radius 1 is 1.53 bits per heavy atom. The fraction of sp³-hybridized carbons (Fsp3) is 0.364. The van der Waals surface area contributed by atoms with E-state index in [9.17, 15) is 14.0 Å². The molecule has 0 saturated heterocycles. The van der Waals surface area contributed by atoms with Gasteiger partial charge in [0.05, 0.1) is 18.2 Å². The third kappa shape index (κ3) is 3.51. The lowest BCUT2D eigenvalue weighted by Crippen LogP contribution is -2.33. The van der Waals surface area contributed by atoms with Crippen molar-refractivity contribution in [3.63, 3.8) is 0 Å². The van der Waals surface area contributed by atoms with Gasteiger partial charge in [0, 0.05) is 19.3 Å². The number of rotatable bonds is 5. The highest BCUT2D eigenvalue weighted by molar-refractivity contribution is 5.94. The SMILES string of the molecule is CCN(CCC(=O)O)C(=O)c1ccncc1F. The van der Waals surface area contributed by atoms with Crippen molar-refractivity contribution >= 4 is 11.9 Å². The van der Waals surface area contributed by atoms with Crippen molar-refractivity contribution in [2.75, 3.05) is 13.1 Å². The van der Waals surface area contributed by atoms with Crippen LogP contribution in [0.3, 0.4) is 0 Å². The van der Waals surface area contributed by atoms with Gasteiger partial charge in [-0.2, -0.15) is 0 Å². The molecule has 0 atom stereocenters. The van der Waals surface area contributed by atoms with Crippen molar-refractivity contribution in [3.05, 3.63) is 29.8 Å². The van der Waals surface area contributed by atoms with Crippen LogP contribution in [0.4, 0.5) is 4.39 Å². The minimum Gasteiger partial charge on any atom is -0.481 e. The highest BCUT2D eigenvalue weighted by atomic mass is 19.1. The zero-order chi connectivity index (χ0) is 12.8. The van der Waals surface area contributed by atoms with Gasteiger partial charge in [0.2, 0.25) is 0 Å². The molecule has 1 N–H and O–H groups in total. The molecule has 5 nitrogen and oxygen atoms in total. The first-order valence-corrected chi connectivity index (χ1v) is 5.16. The molecule has 92 valence electrons. The molecule has 1 amide bonds. The maximum absolute atomic E-state index is 13.3. The Labute approximate surface area is 97.9 Å². The van der Waals surface area contributed by atoms with Crippen molar-refractivity contribution in [1.82, 2.24) is 9.88 Å². The van der Waals surface area contributed by atoms with E-state index in [2.05, 4.69) is 4.98 Å². The molecule has 0 unspecified atom stereocenters. The second kappa shape index (κ2) is 5.93. The van der Waals surface area contributed by atoms with Crippen LogP contribution >= 0.6 is 0 Å². The molecule has 0 aromatic carbocycles. The Hall–Kier alpha value is -1.98. The molecule has 0 saturated carbocycles. The maximum Gasteiger partial charge on any atom is 0.305 e. The van der Waals surface area contributed by atoms with Crippen LogP contribution in [0, 0.1) is 5.82 Å². The topological polar surface area (TPSA) is 70.5 Å². The number of pyridine rings is 1. The van der Waals surface area contributed by atoms with Gasteiger partial charge in [-0.25, -0.2) is 4.39 Å². The summed E-state index contributed by atoms with van der Waals surface area (Å²) < 4.78 is 13.3. The van der Waals surface area contributed by atoms with Crippen molar-refractivity contribution in [2.45, 2.75) is 13.3 Å². The third-order valence-corrected chi connectivity index (χ3v) is 2.27. The van der Waals surface area contributed by atoms with Crippen molar-refractivity contribution in [3.8, 4) is 0 Å². The van der Waals surface area contributed by atoms with Gasteiger partial charge in [-0.15, -0.1) is 0 Å². The summed E-state index contributed by atoms with van der Waals surface area (Å²) in [4.78, 5) is 27.1. The Bertz CT molecular complexity index is 423. The standard InChI is InChI=1S/C11H13FN2O3/c1-2-14(6-4-10(15)16)11(17)8-3-5-13-7-9(8)12/h3,5,7H,2,4,6H2,1H3,(H,15,16). The molecule has 1 heterocycles. The Balaban J connectivity index is 2.79. The zero-order valence-electron chi connectivity index (χ0n) is 9.39. The lowest BCUT2D eigenvalue weighted by atomic mass is 10.2. The number of amides is 1. The van der Waals surface area contributed by atoms with Gasteiger partial charge in [-0.1, -0.05) is 0 Å². The van der Waals surface area contributed by atoms with Crippen molar-refractivity contribution in [2.24, 2.45) is 0 Å². The van der Waals surface area contributed by atoms with Crippen LogP contribution in [0.25, 0.3) is 0 Å². The van der Waals surface area contributed by atoms with Gasteiger partial charge in [-0.3, -0.25) is 14.6 Å². The minimum atomic E-state index is -0.994. The number of carboxylic acids is 1. The quantitative estimate of drug-likeness (QED) is 0.838. The van der Waals surface area contributed by atoms with E-state index >= 15 is 0 Å². The van der Waals surface area contributed by atoms with Gasteiger partial charge >= 0.3 is 5.97 Å². The van der Waals surface area contributed by atoms with E-state index in [-0.39, 0.29) is 18.5 Å². The van der Waals surface area contributed by atoms with Crippen molar-refractivity contribution < 1.29 is 19.1 Å². The van der Waals surface area contributed by atoms with E-state index in [4.69, 9.17) is 5.11 Å². The fourth-order valence-corrected chi connectivity index (χ4v) is 1.35. The average molecular weight is 240 g/mol. The summed E-state index contributed by atoms with van der Waals surface area (Å²) >= 11 is 0. The normalized spacial score (nSPS) is 10.0. The highest BCUT2D eigenvalue weighted by Crippen LogP contribution is 2.09. The van der Waals surface area contributed by atoms with Crippen molar-refractivity contribution in [1.29, 1.82) is 0 Å².